The highest BCUT2D eigenvalue weighted by molar-refractivity contribution is 5.93. The van der Waals surface area contributed by atoms with Crippen LogP contribution in [-0.4, -0.2) is 46.5 Å². The molecule has 1 rings (SSSR count). The predicted octanol–water partition coefficient (Wildman–Crippen LogP) is 7.39. The van der Waals surface area contributed by atoms with Crippen LogP contribution in [0.1, 0.15) is 130 Å². The molecular formula is C33H57N3O4. The molecule has 0 radical (unpaired) electrons. The van der Waals surface area contributed by atoms with Crippen molar-refractivity contribution in [2.45, 2.75) is 144 Å². The SMILES string of the molecule is CCCCCCCCN(C(=O)C(NC(=O)OC(C)(C)C)C(C)CC)C(C(=O)NC(C)(C)C)c1c(C)cccc1C. The van der Waals surface area contributed by atoms with Gasteiger partial charge in [-0.1, -0.05) is 77.5 Å². The van der Waals surface area contributed by atoms with Crippen LogP contribution in [0, 0.1) is 19.8 Å². The van der Waals surface area contributed by atoms with Crippen molar-refractivity contribution >= 4 is 17.9 Å². The first-order valence-electron chi connectivity index (χ1n) is 15.2. The summed E-state index contributed by atoms with van der Waals surface area (Å²) in [5, 5.41) is 6.00. The van der Waals surface area contributed by atoms with Crippen LogP contribution >= 0.6 is 0 Å². The quantitative estimate of drug-likeness (QED) is 0.233. The summed E-state index contributed by atoms with van der Waals surface area (Å²) < 4.78 is 5.53. The zero-order valence-corrected chi connectivity index (χ0v) is 27.2. The molecule has 2 N–H and O–H groups in total. The number of nitrogens with zero attached hydrogens (tertiary/aromatic N) is 1. The molecule has 0 heterocycles. The van der Waals surface area contributed by atoms with Gasteiger partial charge in [-0.25, -0.2) is 4.79 Å². The summed E-state index contributed by atoms with van der Waals surface area (Å²) in [5.41, 5.74) is 1.57. The Kier molecular flexibility index (Phi) is 14.2. The number of hydrogen-bond acceptors (Lipinski definition) is 4. The lowest BCUT2D eigenvalue weighted by Crippen LogP contribution is -2.56. The van der Waals surface area contributed by atoms with Crippen molar-refractivity contribution in [1.82, 2.24) is 15.5 Å². The largest absolute Gasteiger partial charge is 0.444 e. The van der Waals surface area contributed by atoms with Gasteiger partial charge < -0.3 is 20.3 Å². The smallest absolute Gasteiger partial charge is 0.408 e. The lowest BCUT2D eigenvalue weighted by Gasteiger charge is -2.38. The molecule has 0 spiro atoms. The van der Waals surface area contributed by atoms with Crippen LogP contribution in [0.15, 0.2) is 18.2 Å². The van der Waals surface area contributed by atoms with Gasteiger partial charge in [0, 0.05) is 12.1 Å². The Hall–Kier alpha value is -2.57. The van der Waals surface area contributed by atoms with Gasteiger partial charge in [0.25, 0.3) is 0 Å². The van der Waals surface area contributed by atoms with E-state index >= 15 is 0 Å². The highest BCUT2D eigenvalue weighted by atomic mass is 16.6. The zero-order valence-electron chi connectivity index (χ0n) is 27.2. The molecule has 7 nitrogen and oxygen atoms in total. The van der Waals surface area contributed by atoms with E-state index < -0.39 is 29.3 Å². The highest BCUT2D eigenvalue weighted by Gasteiger charge is 2.39. The van der Waals surface area contributed by atoms with Crippen molar-refractivity contribution in [2.75, 3.05) is 6.54 Å². The average molecular weight is 560 g/mol. The molecule has 0 aromatic heterocycles. The molecule has 0 aliphatic heterocycles. The number of carbonyl (C=O) groups excluding carboxylic acids is 3. The molecule has 3 amide bonds. The minimum atomic E-state index is -0.825. The highest BCUT2D eigenvalue weighted by Crippen LogP contribution is 2.30. The number of unbranched alkanes of at least 4 members (excludes halogenated alkanes) is 5. The van der Waals surface area contributed by atoms with Crippen molar-refractivity contribution in [3.63, 3.8) is 0 Å². The number of alkyl carbamates (subject to hydrolysis) is 1. The fourth-order valence-electron chi connectivity index (χ4n) is 4.85. The summed E-state index contributed by atoms with van der Waals surface area (Å²) in [7, 11) is 0. The van der Waals surface area contributed by atoms with Crippen molar-refractivity contribution in [3.05, 3.63) is 34.9 Å². The second-order valence-corrected chi connectivity index (χ2v) is 13.3. The third-order valence-corrected chi connectivity index (χ3v) is 7.06. The van der Waals surface area contributed by atoms with Gasteiger partial charge in [-0.2, -0.15) is 0 Å². The normalized spacial score (nSPS) is 14.2. The van der Waals surface area contributed by atoms with Gasteiger partial charge >= 0.3 is 6.09 Å². The molecule has 0 saturated heterocycles. The first-order valence-corrected chi connectivity index (χ1v) is 15.2. The van der Waals surface area contributed by atoms with E-state index in [4.69, 9.17) is 4.74 Å². The molecule has 228 valence electrons. The maximum absolute atomic E-state index is 14.5. The maximum atomic E-state index is 14.5. The molecule has 0 aliphatic carbocycles. The van der Waals surface area contributed by atoms with Gasteiger partial charge in [0.05, 0.1) is 0 Å². The Bertz CT molecular complexity index is 941. The van der Waals surface area contributed by atoms with E-state index in [0.29, 0.717) is 13.0 Å². The number of amides is 3. The van der Waals surface area contributed by atoms with Crippen molar-refractivity contribution in [1.29, 1.82) is 0 Å². The van der Waals surface area contributed by atoms with Crippen LogP contribution in [0.3, 0.4) is 0 Å². The molecule has 0 bridgehead atoms. The second kappa shape index (κ2) is 16.0. The lowest BCUT2D eigenvalue weighted by molar-refractivity contribution is -0.144. The van der Waals surface area contributed by atoms with Gasteiger partial charge in [0.1, 0.15) is 17.7 Å². The number of nitrogens with one attached hydrogen (secondary N) is 2. The lowest BCUT2D eigenvalue weighted by atomic mass is 9.91. The summed E-state index contributed by atoms with van der Waals surface area (Å²) in [6, 6.07) is 4.29. The molecule has 3 unspecified atom stereocenters. The average Bonchev–Trinajstić information content (AvgIpc) is 2.82. The Balaban J connectivity index is 3.61. The number of carbonyl (C=O) groups is 3. The van der Waals surface area contributed by atoms with E-state index in [1.165, 1.54) is 12.8 Å². The van der Waals surface area contributed by atoms with Crippen LogP contribution in [-0.2, 0) is 14.3 Å². The Labute approximate surface area is 244 Å². The van der Waals surface area contributed by atoms with Gasteiger partial charge in [0.2, 0.25) is 11.8 Å². The molecular weight excluding hydrogens is 502 g/mol. The van der Waals surface area contributed by atoms with Crippen LogP contribution in [0.4, 0.5) is 4.79 Å². The number of ether oxygens (including phenoxy) is 1. The summed E-state index contributed by atoms with van der Waals surface area (Å²) in [6.07, 6.45) is 6.40. The zero-order chi connectivity index (χ0) is 30.7. The monoisotopic (exact) mass is 559 g/mol. The predicted molar refractivity (Wildman–Crippen MR) is 164 cm³/mol. The van der Waals surface area contributed by atoms with E-state index in [1.807, 2.05) is 66.7 Å². The van der Waals surface area contributed by atoms with Crippen molar-refractivity contribution in [3.8, 4) is 0 Å². The maximum Gasteiger partial charge on any atom is 0.408 e. The van der Waals surface area contributed by atoms with E-state index in [2.05, 4.69) is 17.6 Å². The van der Waals surface area contributed by atoms with Gasteiger partial charge in [-0.15, -0.1) is 0 Å². The van der Waals surface area contributed by atoms with Gasteiger partial charge in [-0.3, -0.25) is 9.59 Å². The fraction of sp³-hybridized carbons (Fsp3) is 0.727. The van der Waals surface area contributed by atoms with Crippen LogP contribution < -0.4 is 10.6 Å². The van der Waals surface area contributed by atoms with Crippen molar-refractivity contribution < 1.29 is 19.1 Å². The summed E-state index contributed by atoms with van der Waals surface area (Å²) in [4.78, 5) is 43.1. The van der Waals surface area contributed by atoms with E-state index in [1.54, 1.807) is 25.7 Å². The molecule has 3 atom stereocenters. The first kappa shape index (κ1) is 35.5. The van der Waals surface area contributed by atoms with Gasteiger partial charge in [0.15, 0.2) is 0 Å². The third-order valence-electron chi connectivity index (χ3n) is 7.06. The summed E-state index contributed by atoms with van der Waals surface area (Å²) in [6.45, 7) is 21.7. The number of hydrogen-bond donors (Lipinski definition) is 2. The minimum Gasteiger partial charge on any atom is -0.444 e. The number of aryl methyl sites for hydroxylation is 2. The number of rotatable bonds is 14. The Morgan fingerprint density at radius 3 is 1.95 bits per heavy atom. The molecule has 40 heavy (non-hydrogen) atoms. The molecule has 0 aliphatic rings. The topological polar surface area (TPSA) is 87.7 Å². The van der Waals surface area contributed by atoms with E-state index in [9.17, 15) is 14.4 Å². The molecule has 0 fully saturated rings. The van der Waals surface area contributed by atoms with Gasteiger partial charge in [-0.05, 0) is 84.4 Å². The number of benzene rings is 1. The van der Waals surface area contributed by atoms with Crippen molar-refractivity contribution in [2.24, 2.45) is 5.92 Å². The second-order valence-electron chi connectivity index (χ2n) is 13.3. The molecule has 1 aromatic rings. The Morgan fingerprint density at radius 1 is 0.900 bits per heavy atom. The molecule has 7 heteroatoms. The summed E-state index contributed by atoms with van der Waals surface area (Å²) in [5.74, 6) is -0.633. The molecule has 1 aromatic carbocycles. The van der Waals surface area contributed by atoms with Crippen LogP contribution in [0.25, 0.3) is 0 Å². The fourth-order valence-corrected chi connectivity index (χ4v) is 4.85. The third kappa shape index (κ3) is 11.9. The van der Waals surface area contributed by atoms with Crippen LogP contribution in [0.2, 0.25) is 0 Å². The van der Waals surface area contributed by atoms with E-state index in [-0.39, 0.29) is 17.7 Å². The standard InChI is InChI=1S/C33H57N3O4/c1-12-14-15-16-17-18-22-36(30(38)27(23(3)13-2)34-31(39)40-33(9,10)11)28(29(37)35-32(6,7)8)26-24(4)20-19-21-25(26)5/h19-21,23,27-28H,12-18,22H2,1-11H3,(H,34,39)(H,35,37). The minimum absolute atomic E-state index is 0.156. The van der Waals surface area contributed by atoms with E-state index in [0.717, 1.165) is 42.4 Å². The Morgan fingerprint density at radius 2 is 1.45 bits per heavy atom. The first-order chi connectivity index (χ1) is 18.5. The van der Waals surface area contributed by atoms with Crippen LogP contribution in [0.5, 0.6) is 0 Å². The molecule has 0 saturated carbocycles. The summed E-state index contributed by atoms with van der Waals surface area (Å²) >= 11 is 0.